The Kier molecular flexibility index (Phi) is 5.62. The number of aromatic amines is 1. The molecule has 3 aromatic rings. The first-order valence-electron chi connectivity index (χ1n) is 7.39. The summed E-state index contributed by atoms with van der Waals surface area (Å²) in [4.78, 5) is 0. The van der Waals surface area contributed by atoms with Gasteiger partial charge in [-0.3, -0.25) is 0 Å². The Hall–Kier alpha value is -2.45. The molecule has 0 aliphatic carbocycles. The summed E-state index contributed by atoms with van der Waals surface area (Å²) >= 11 is 6.72. The number of nitrogens with one attached hydrogen (secondary N) is 1. The minimum Gasteiger partial charge on any atom is -0.494 e. The molecule has 0 saturated carbocycles. The van der Waals surface area contributed by atoms with Crippen LogP contribution in [-0.2, 0) is 5.75 Å². The van der Waals surface area contributed by atoms with Gasteiger partial charge < -0.3 is 4.74 Å². The second kappa shape index (κ2) is 8.09. The molecule has 2 aromatic carbocycles. The average molecular weight is 374 g/mol. The zero-order valence-corrected chi connectivity index (χ0v) is 15.0. The summed E-state index contributed by atoms with van der Waals surface area (Å²) < 4.78 is 20.5. The molecule has 0 spiro atoms. The van der Waals surface area contributed by atoms with Crippen molar-refractivity contribution in [3.8, 4) is 5.75 Å². The number of hydrogen-bond donors (Lipinski definition) is 1. The number of nitrogens with zero attached hydrogens (tertiary/aromatic N) is 3. The van der Waals surface area contributed by atoms with Gasteiger partial charge >= 0.3 is 0 Å². The molecule has 3 rings (SSSR count). The number of methoxy groups -OCH3 is 1. The van der Waals surface area contributed by atoms with Crippen LogP contribution in [0.1, 0.15) is 11.1 Å². The number of hydrogen-bond acceptors (Lipinski definition) is 5. The third-order valence-corrected chi connectivity index (χ3v) is 4.59. The van der Waals surface area contributed by atoms with Crippen molar-refractivity contribution in [3.63, 3.8) is 0 Å². The van der Waals surface area contributed by atoms with E-state index < -0.39 is 5.82 Å². The Morgan fingerprint density at radius 2 is 2.12 bits per heavy atom. The lowest BCUT2D eigenvalue weighted by atomic mass is 10.2. The van der Waals surface area contributed by atoms with Crippen LogP contribution < -0.4 is 4.74 Å². The molecule has 0 atom stereocenters. The maximum absolute atomic E-state index is 13.7. The average Bonchev–Trinajstić information content (AvgIpc) is 2.99. The molecule has 1 N–H and O–H groups in total. The Balaban J connectivity index is 1.77. The highest BCUT2D eigenvalue weighted by Gasteiger charge is 2.07. The third kappa shape index (κ3) is 4.34. The highest BCUT2D eigenvalue weighted by molar-refractivity contribution is 7.98. The molecule has 25 heavy (non-hydrogen) atoms. The Labute approximate surface area is 153 Å². The molecule has 1 aromatic heterocycles. The summed E-state index contributed by atoms with van der Waals surface area (Å²) in [7, 11) is 1.42. The first kappa shape index (κ1) is 17.4. The third-order valence-electron chi connectivity index (χ3n) is 3.33. The van der Waals surface area contributed by atoms with Gasteiger partial charge in [-0.05, 0) is 41.5 Å². The van der Waals surface area contributed by atoms with Gasteiger partial charge in [0.25, 0.3) is 0 Å². The molecular formula is C17H15FN4OS2. The van der Waals surface area contributed by atoms with Crippen LogP contribution >= 0.6 is 24.0 Å². The molecular weight excluding hydrogens is 359 g/mol. The quantitative estimate of drug-likeness (QED) is 0.398. The van der Waals surface area contributed by atoms with E-state index in [1.54, 1.807) is 12.1 Å². The summed E-state index contributed by atoms with van der Waals surface area (Å²) in [5.74, 6) is 0.491. The lowest BCUT2D eigenvalue weighted by Gasteiger charge is -2.03. The molecule has 0 bridgehead atoms. The van der Waals surface area contributed by atoms with Crippen molar-refractivity contribution >= 4 is 30.2 Å². The number of ether oxygens (including phenoxy) is 1. The zero-order valence-electron chi connectivity index (χ0n) is 13.3. The lowest BCUT2D eigenvalue weighted by molar-refractivity contribution is 0.386. The van der Waals surface area contributed by atoms with E-state index in [1.807, 2.05) is 30.3 Å². The van der Waals surface area contributed by atoms with E-state index in [4.69, 9.17) is 17.0 Å². The van der Waals surface area contributed by atoms with Crippen LogP contribution in [0.25, 0.3) is 0 Å². The summed E-state index contributed by atoms with van der Waals surface area (Å²) in [5, 5.41) is 11.9. The molecule has 0 fully saturated rings. The van der Waals surface area contributed by atoms with Crippen LogP contribution in [0.3, 0.4) is 0 Å². The number of aromatic nitrogens is 3. The number of benzene rings is 2. The van der Waals surface area contributed by atoms with E-state index in [0.717, 1.165) is 5.75 Å². The normalized spacial score (nSPS) is 11.1. The molecule has 0 unspecified atom stereocenters. The lowest BCUT2D eigenvalue weighted by Crippen LogP contribution is -1.95. The molecule has 0 saturated heterocycles. The predicted molar refractivity (Wildman–Crippen MR) is 99.4 cm³/mol. The monoisotopic (exact) mass is 374 g/mol. The summed E-state index contributed by atoms with van der Waals surface area (Å²) in [6, 6.07) is 14.7. The SMILES string of the molecule is COc1ccc(/C=N\n2c(SCc3ccccc3)n[nH]c2=S)cc1F. The van der Waals surface area contributed by atoms with Gasteiger partial charge in [0.1, 0.15) is 0 Å². The van der Waals surface area contributed by atoms with Gasteiger partial charge in [0.15, 0.2) is 11.6 Å². The van der Waals surface area contributed by atoms with E-state index >= 15 is 0 Å². The first-order valence-corrected chi connectivity index (χ1v) is 8.79. The van der Waals surface area contributed by atoms with E-state index in [9.17, 15) is 4.39 Å². The van der Waals surface area contributed by atoms with E-state index in [-0.39, 0.29) is 5.75 Å². The molecule has 1 heterocycles. The molecule has 0 radical (unpaired) electrons. The summed E-state index contributed by atoms with van der Waals surface area (Å²) in [6.07, 6.45) is 1.53. The number of thioether (sulfide) groups is 1. The molecule has 5 nitrogen and oxygen atoms in total. The standard InChI is InChI=1S/C17H15FN4OS2/c1-23-15-8-7-13(9-14(15)18)10-19-22-16(24)20-21-17(22)25-11-12-5-3-2-4-6-12/h2-10H,11H2,1H3,(H,20,24)/b19-10-. The fourth-order valence-corrected chi connectivity index (χ4v) is 3.18. The van der Waals surface area contributed by atoms with Crippen LogP contribution in [-0.4, -0.2) is 28.2 Å². The zero-order chi connectivity index (χ0) is 17.6. The maximum Gasteiger partial charge on any atom is 0.217 e. The molecule has 0 amide bonds. The highest BCUT2D eigenvalue weighted by atomic mass is 32.2. The van der Waals surface area contributed by atoms with E-state index in [0.29, 0.717) is 15.5 Å². The Bertz CT molecular complexity index is 937. The van der Waals surface area contributed by atoms with Crippen molar-refractivity contribution in [2.45, 2.75) is 10.9 Å². The topological polar surface area (TPSA) is 55.2 Å². The van der Waals surface area contributed by atoms with Gasteiger partial charge in [-0.1, -0.05) is 42.1 Å². The molecule has 0 aliphatic rings. The highest BCUT2D eigenvalue weighted by Crippen LogP contribution is 2.21. The fraction of sp³-hybridized carbons (Fsp3) is 0.118. The number of halogens is 1. The van der Waals surface area contributed by atoms with Gasteiger partial charge in [0.2, 0.25) is 9.93 Å². The fourth-order valence-electron chi connectivity index (χ4n) is 2.08. The summed E-state index contributed by atoms with van der Waals surface area (Å²) in [5.41, 5.74) is 1.77. The smallest absolute Gasteiger partial charge is 0.217 e. The van der Waals surface area contributed by atoms with Gasteiger partial charge in [-0.15, -0.1) is 5.10 Å². The first-order chi connectivity index (χ1) is 12.2. The van der Waals surface area contributed by atoms with E-state index in [2.05, 4.69) is 15.3 Å². The number of H-pyrrole nitrogens is 1. The minimum absolute atomic E-state index is 0.191. The van der Waals surface area contributed by atoms with Gasteiger partial charge in [-0.25, -0.2) is 9.49 Å². The Morgan fingerprint density at radius 3 is 2.84 bits per heavy atom. The van der Waals surface area contributed by atoms with Gasteiger partial charge in [0.05, 0.1) is 13.3 Å². The van der Waals surface area contributed by atoms with Crippen molar-refractivity contribution in [2.75, 3.05) is 7.11 Å². The minimum atomic E-state index is -0.444. The molecule has 0 aliphatic heterocycles. The molecule has 8 heteroatoms. The van der Waals surface area contributed by atoms with Crippen LogP contribution in [0.5, 0.6) is 5.75 Å². The predicted octanol–water partition coefficient (Wildman–Crippen LogP) is 4.26. The number of rotatable bonds is 6. The van der Waals surface area contributed by atoms with Crippen LogP contribution in [0.2, 0.25) is 0 Å². The van der Waals surface area contributed by atoms with Crippen molar-refractivity contribution in [1.29, 1.82) is 0 Å². The van der Waals surface area contributed by atoms with Gasteiger partial charge in [-0.2, -0.15) is 9.78 Å². The van der Waals surface area contributed by atoms with Crippen LogP contribution in [0.15, 0.2) is 58.8 Å². The van der Waals surface area contributed by atoms with E-state index in [1.165, 1.54) is 41.4 Å². The maximum atomic E-state index is 13.7. The second-order valence-electron chi connectivity index (χ2n) is 5.04. The molecule has 128 valence electrons. The van der Waals surface area contributed by atoms with Crippen molar-refractivity contribution in [2.24, 2.45) is 5.10 Å². The van der Waals surface area contributed by atoms with Gasteiger partial charge in [0, 0.05) is 5.75 Å². The Morgan fingerprint density at radius 1 is 1.32 bits per heavy atom. The van der Waals surface area contributed by atoms with Crippen molar-refractivity contribution in [3.05, 3.63) is 70.2 Å². The summed E-state index contributed by atoms with van der Waals surface area (Å²) in [6.45, 7) is 0. The van der Waals surface area contributed by atoms with Crippen molar-refractivity contribution in [1.82, 2.24) is 14.9 Å². The van der Waals surface area contributed by atoms with Crippen molar-refractivity contribution < 1.29 is 9.13 Å². The second-order valence-corrected chi connectivity index (χ2v) is 6.37. The van der Waals surface area contributed by atoms with Crippen LogP contribution in [0.4, 0.5) is 4.39 Å². The van der Waals surface area contributed by atoms with Crippen LogP contribution in [0, 0.1) is 10.6 Å². The largest absolute Gasteiger partial charge is 0.494 e.